The van der Waals surface area contributed by atoms with Crippen molar-refractivity contribution in [3.05, 3.63) is 56.7 Å². The Bertz CT molecular complexity index is 587. The number of benzene rings is 1. The van der Waals surface area contributed by atoms with Gasteiger partial charge in [-0.1, -0.05) is 23.2 Å². The maximum atomic E-state index is 10.8. The van der Waals surface area contributed by atoms with Gasteiger partial charge >= 0.3 is 5.69 Å². The number of hydrogen-bond acceptors (Lipinski definition) is 4. The Balaban J connectivity index is 2.34. The summed E-state index contributed by atoms with van der Waals surface area (Å²) >= 11 is 11.4. The fourth-order valence-electron chi connectivity index (χ4n) is 1.25. The third-order valence-corrected chi connectivity index (χ3v) is 2.49. The normalized spacial score (nSPS) is 10.1. The summed E-state index contributed by atoms with van der Waals surface area (Å²) < 4.78 is 5.31. The largest absolute Gasteiger partial charge is 0.432 e. The first-order chi connectivity index (χ1) is 8.56. The summed E-state index contributed by atoms with van der Waals surface area (Å²) in [5.41, 5.74) is -0.223. The number of nitrogens with zero attached hydrogens (tertiary/aromatic N) is 2. The van der Waals surface area contributed by atoms with E-state index in [9.17, 15) is 10.1 Å². The second kappa shape index (κ2) is 5.20. The van der Waals surface area contributed by atoms with Crippen molar-refractivity contribution in [1.29, 1.82) is 0 Å². The molecule has 0 aliphatic heterocycles. The number of halogens is 2. The van der Waals surface area contributed by atoms with E-state index in [0.29, 0.717) is 5.02 Å². The molecule has 1 aromatic heterocycles. The predicted octanol–water partition coefficient (Wildman–Crippen LogP) is 4.09. The van der Waals surface area contributed by atoms with Gasteiger partial charge in [0.25, 0.3) is 0 Å². The van der Waals surface area contributed by atoms with Crippen LogP contribution in [-0.2, 0) is 0 Å². The van der Waals surface area contributed by atoms with Crippen molar-refractivity contribution >= 4 is 28.9 Å². The lowest BCUT2D eigenvalue weighted by molar-refractivity contribution is -0.385. The number of pyridine rings is 1. The van der Waals surface area contributed by atoms with E-state index in [1.807, 2.05) is 0 Å². The average molecular weight is 285 g/mol. The molecule has 0 atom stereocenters. The minimum absolute atomic E-state index is 0.0687. The zero-order valence-corrected chi connectivity index (χ0v) is 10.4. The number of aromatic nitrogens is 1. The average Bonchev–Trinajstić information content (AvgIpc) is 2.34. The van der Waals surface area contributed by atoms with Gasteiger partial charge in [0.15, 0.2) is 0 Å². The first-order valence-corrected chi connectivity index (χ1v) is 5.55. The molecule has 0 aliphatic carbocycles. The maximum Gasteiger partial charge on any atom is 0.313 e. The molecule has 1 heterocycles. The van der Waals surface area contributed by atoms with Gasteiger partial charge in [-0.05, 0) is 18.2 Å². The van der Waals surface area contributed by atoms with Crippen molar-refractivity contribution in [2.24, 2.45) is 0 Å². The zero-order chi connectivity index (χ0) is 13.1. The lowest BCUT2D eigenvalue weighted by atomic mass is 10.3. The maximum absolute atomic E-state index is 10.8. The van der Waals surface area contributed by atoms with Crippen molar-refractivity contribution in [2.45, 2.75) is 0 Å². The van der Waals surface area contributed by atoms with Gasteiger partial charge in [0, 0.05) is 23.4 Å². The number of ether oxygens (including phenoxy) is 1. The van der Waals surface area contributed by atoms with Crippen LogP contribution in [0.3, 0.4) is 0 Å². The molecular weight excluding hydrogens is 279 g/mol. The van der Waals surface area contributed by atoms with Crippen LogP contribution in [0.2, 0.25) is 10.0 Å². The topological polar surface area (TPSA) is 65.3 Å². The molecule has 2 aromatic rings. The van der Waals surface area contributed by atoms with Crippen molar-refractivity contribution < 1.29 is 9.66 Å². The molecule has 0 N–H and O–H groups in total. The molecule has 0 aliphatic rings. The second-order valence-corrected chi connectivity index (χ2v) is 4.16. The molecule has 0 fully saturated rings. The molecule has 0 unspecified atom stereocenters. The minimum atomic E-state index is -0.572. The monoisotopic (exact) mass is 284 g/mol. The van der Waals surface area contributed by atoms with Crippen LogP contribution in [0.4, 0.5) is 5.69 Å². The summed E-state index contributed by atoms with van der Waals surface area (Å²) in [6.45, 7) is 0. The number of nitro groups is 1. The van der Waals surface area contributed by atoms with Crippen LogP contribution in [0, 0.1) is 10.1 Å². The highest BCUT2D eigenvalue weighted by atomic mass is 35.5. The van der Waals surface area contributed by atoms with Gasteiger partial charge < -0.3 is 4.74 Å². The highest BCUT2D eigenvalue weighted by Gasteiger charge is 2.16. The first kappa shape index (κ1) is 12.6. The molecule has 7 heteroatoms. The summed E-state index contributed by atoms with van der Waals surface area (Å²) in [7, 11) is 0. The van der Waals surface area contributed by atoms with Gasteiger partial charge in [-0.25, -0.2) is 4.98 Å². The lowest BCUT2D eigenvalue weighted by Gasteiger charge is -2.05. The molecule has 92 valence electrons. The second-order valence-electron chi connectivity index (χ2n) is 3.29. The SMILES string of the molecule is O=[N+]([O-])c1cc(Cl)ccc1Oc1ccc(Cl)cn1. The Kier molecular flexibility index (Phi) is 3.64. The third-order valence-electron chi connectivity index (χ3n) is 2.03. The molecular formula is C11H6Cl2N2O3. The molecule has 0 radical (unpaired) electrons. The molecule has 0 saturated carbocycles. The summed E-state index contributed by atoms with van der Waals surface area (Å²) in [6, 6.07) is 7.22. The van der Waals surface area contributed by atoms with Crippen LogP contribution in [0.1, 0.15) is 0 Å². The van der Waals surface area contributed by atoms with E-state index in [-0.39, 0.29) is 22.3 Å². The van der Waals surface area contributed by atoms with Crippen LogP contribution in [-0.4, -0.2) is 9.91 Å². The van der Waals surface area contributed by atoms with Crippen LogP contribution < -0.4 is 4.74 Å². The summed E-state index contributed by atoms with van der Waals surface area (Å²) in [4.78, 5) is 14.2. The standard InChI is InChI=1S/C11H6Cl2N2O3/c12-7-1-3-10(9(5-7)15(16)17)18-11-4-2-8(13)6-14-11/h1-6H. The van der Waals surface area contributed by atoms with Crippen LogP contribution in [0.5, 0.6) is 11.6 Å². The van der Waals surface area contributed by atoms with Crippen molar-refractivity contribution in [2.75, 3.05) is 0 Å². The fraction of sp³-hybridized carbons (Fsp3) is 0. The fourth-order valence-corrected chi connectivity index (χ4v) is 1.53. The molecule has 18 heavy (non-hydrogen) atoms. The van der Waals surface area contributed by atoms with Crippen molar-refractivity contribution in [3.63, 3.8) is 0 Å². The highest BCUT2D eigenvalue weighted by molar-refractivity contribution is 6.31. The molecule has 0 bridgehead atoms. The first-order valence-electron chi connectivity index (χ1n) is 4.79. The Labute approximate surface area is 112 Å². The summed E-state index contributed by atoms with van der Waals surface area (Å²) in [5, 5.41) is 11.6. The smallest absolute Gasteiger partial charge is 0.313 e. The van der Waals surface area contributed by atoms with E-state index in [0.717, 1.165) is 0 Å². The summed E-state index contributed by atoms with van der Waals surface area (Å²) in [5.74, 6) is 0.282. The van der Waals surface area contributed by atoms with E-state index in [1.165, 1.54) is 30.5 Å². The van der Waals surface area contributed by atoms with Gasteiger partial charge in [0.2, 0.25) is 11.6 Å². The minimum Gasteiger partial charge on any atom is -0.432 e. The quantitative estimate of drug-likeness (QED) is 0.629. The Morgan fingerprint density at radius 2 is 1.89 bits per heavy atom. The predicted molar refractivity (Wildman–Crippen MR) is 67.4 cm³/mol. The van der Waals surface area contributed by atoms with Crippen LogP contribution >= 0.6 is 23.2 Å². The van der Waals surface area contributed by atoms with E-state index in [4.69, 9.17) is 27.9 Å². The molecule has 5 nitrogen and oxygen atoms in total. The van der Waals surface area contributed by atoms with E-state index in [1.54, 1.807) is 6.07 Å². The zero-order valence-electron chi connectivity index (χ0n) is 8.84. The van der Waals surface area contributed by atoms with Gasteiger partial charge in [-0.3, -0.25) is 10.1 Å². The molecule has 0 amide bonds. The lowest BCUT2D eigenvalue weighted by Crippen LogP contribution is -1.94. The number of hydrogen-bond donors (Lipinski definition) is 0. The highest BCUT2D eigenvalue weighted by Crippen LogP contribution is 2.32. The van der Waals surface area contributed by atoms with E-state index >= 15 is 0 Å². The number of nitro benzene ring substituents is 1. The third kappa shape index (κ3) is 2.88. The van der Waals surface area contributed by atoms with Crippen molar-refractivity contribution in [1.82, 2.24) is 4.98 Å². The molecule has 1 aromatic carbocycles. The van der Waals surface area contributed by atoms with Gasteiger partial charge in [0.05, 0.1) is 9.95 Å². The molecule has 2 rings (SSSR count). The van der Waals surface area contributed by atoms with Crippen LogP contribution in [0.15, 0.2) is 36.5 Å². The Hall–Kier alpha value is -1.85. The van der Waals surface area contributed by atoms with Gasteiger partial charge in [0.1, 0.15) is 0 Å². The van der Waals surface area contributed by atoms with Crippen molar-refractivity contribution in [3.8, 4) is 11.6 Å². The van der Waals surface area contributed by atoms with E-state index < -0.39 is 4.92 Å². The van der Waals surface area contributed by atoms with Gasteiger partial charge in [-0.2, -0.15) is 0 Å². The van der Waals surface area contributed by atoms with Gasteiger partial charge in [-0.15, -0.1) is 0 Å². The summed E-state index contributed by atoms with van der Waals surface area (Å²) in [6.07, 6.45) is 1.39. The molecule has 0 spiro atoms. The number of rotatable bonds is 3. The molecule has 0 saturated heterocycles. The Morgan fingerprint density at radius 3 is 2.50 bits per heavy atom. The Morgan fingerprint density at radius 1 is 1.17 bits per heavy atom. The van der Waals surface area contributed by atoms with E-state index in [2.05, 4.69) is 4.98 Å². The van der Waals surface area contributed by atoms with Crippen LogP contribution in [0.25, 0.3) is 0 Å².